The van der Waals surface area contributed by atoms with Crippen molar-refractivity contribution in [1.29, 1.82) is 0 Å². The Bertz CT molecular complexity index is 476. The summed E-state index contributed by atoms with van der Waals surface area (Å²) in [7, 11) is 0. The second-order valence-electron chi connectivity index (χ2n) is 5.15. The molecule has 1 aromatic carbocycles. The van der Waals surface area contributed by atoms with Crippen molar-refractivity contribution in [1.82, 2.24) is 0 Å². The van der Waals surface area contributed by atoms with Gasteiger partial charge in [0.1, 0.15) is 5.82 Å². The highest BCUT2D eigenvalue weighted by molar-refractivity contribution is 5.77. The van der Waals surface area contributed by atoms with Crippen LogP contribution in [0.1, 0.15) is 31.4 Å². The zero-order valence-corrected chi connectivity index (χ0v) is 11.1. The van der Waals surface area contributed by atoms with Crippen LogP contribution in [0.4, 0.5) is 10.1 Å². The van der Waals surface area contributed by atoms with Crippen LogP contribution in [-0.2, 0) is 4.79 Å². The molecule has 1 aromatic rings. The van der Waals surface area contributed by atoms with Crippen LogP contribution < -0.4 is 16.4 Å². The molecule has 1 amide bonds. The average Bonchev–Trinajstić information content (AvgIpc) is 2.38. The quantitative estimate of drug-likeness (QED) is 0.871. The Morgan fingerprint density at radius 2 is 2.26 bits per heavy atom. The van der Waals surface area contributed by atoms with Gasteiger partial charge < -0.3 is 16.4 Å². The lowest BCUT2D eigenvalue weighted by molar-refractivity contribution is -0.122. The Morgan fingerprint density at radius 3 is 2.89 bits per heavy atom. The van der Waals surface area contributed by atoms with Crippen molar-refractivity contribution < 1.29 is 9.18 Å². The first-order chi connectivity index (χ1) is 9.00. The molecule has 2 atom stereocenters. The van der Waals surface area contributed by atoms with Crippen LogP contribution in [0.15, 0.2) is 18.2 Å². The van der Waals surface area contributed by atoms with E-state index in [9.17, 15) is 9.18 Å². The number of anilines is 1. The molecule has 1 heterocycles. The van der Waals surface area contributed by atoms with E-state index in [2.05, 4.69) is 0 Å². The number of piperidine rings is 1. The Labute approximate surface area is 112 Å². The number of amides is 1. The molecule has 4 nitrogen and oxygen atoms in total. The second-order valence-corrected chi connectivity index (χ2v) is 5.15. The summed E-state index contributed by atoms with van der Waals surface area (Å²) < 4.78 is 13.9. The van der Waals surface area contributed by atoms with Crippen molar-refractivity contribution in [2.75, 3.05) is 18.0 Å². The minimum Gasteiger partial charge on any atom is -0.370 e. The Balaban J connectivity index is 2.31. The zero-order chi connectivity index (χ0) is 14.0. The van der Waals surface area contributed by atoms with Crippen molar-refractivity contribution in [2.45, 2.75) is 25.8 Å². The summed E-state index contributed by atoms with van der Waals surface area (Å²) in [6.07, 6.45) is 1.68. The zero-order valence-electron chi connectivity index (χ0n) is 11.1. The minimum absolute atomic E-state index is 0.169. The number of rotatable bonds is 3. The van der Waals surface area contributed by atoms with Crippen LogP contribution in [0, 0.1) is 11.7 Å². The fourth-order valence-corrected chi connectivity index (χ4v) is 2.68. The summed E-state index contributed by atoms with van der Waals surface area (Å²) in [5, 5.41) is 0. The molecule has 1 aliphatic rings. The van der Waals surface area contributed by atoms with Crippen LogP contribution in [0.25, 0.3) is 0 Å². The van der Waals surface area contributed by atoms with Crippen molar-refractivity contribution in [3.8, 4) is 0 Å². The normalized spacial score (nSPS) is 21.2. The number of nitrogens with zero attached hydrogens (tertiary/aromatic N) is 1. The summed E-state index contributed by atoms with van der Waals surface area (Å²) in [6.45, 7) is 3.10. The number of carbonyl (C=O) groups is 1. The summed E-state index contributed by atoms with van der Waals surface area (Å²) in [5.41, 5.74) is 12.5. The van der Waals surface area contributed by atoms with E-state index in [1.165, 1.54) is 6.07 Å². The first kappa shape index (κ1) is 13.8. The van der Waals surface area contributed by atoms with Gasteiger partial charge in [0.25, 0.3) is 0 Å². The Hall–Kier alpha value is -1.62. The van der Waals surface area contributed by atoms with Crippen molar-refractivity contribution >= 4 is 11.6 Å². The molecule has 104 valence electrons. The van der Waals surface area contributed by atoms with E-state index in [4.69, 9.17) is 11.5 Å². The number of halogens is 1. The lowest BCUT2D eigenvalue weighted by atomic mass is 9.95. The third-order valence-corrected chi connectivity index (χ3v) is 3.65. The molecule has 0 aromatic heterocycles. The van der Waals surface area contributed by atoms with E-state index in [1.807, 2.05) is 11.0 Å². The Morgan fingerprint density at radius 1 is 1.53 bits per heavy atom. The predicted octanol–water partition coefficient (Wildman–Crippen LogP) is 1.55. The van der Waals surface area contributed by atoms with Crippen molar-refractivity contribution in [3.63, 3.8) is 0 Å². The maximum absolute atomic E-state index is 13.9. The maximum atomic E-state index is 13.9. The molecule has 2 rings (SSSR count). The van der Waals surface area contributed by atoms with Gasteiger partial charge in [-0.3, -0.25) is 4.79 Å². The SMILES string of the molecule is C[C@@H](N)c1c(F)cccc1N1CCCC(C(N)=O)C1. The number of benzene rings is 1. The van der Waals surface area contributed by atoms with E-state index in [1.54, 1.807) is 13.0 Å². The van der Waals surface area contributed by atoms with Gasteiger partial charge in [0.15, 0.2) is 0 Å². The summed E-state index contributed by atoms with van der Waals surface area (Å²) in [5.74, 6) is -0.755. The van der Waals surface area contributed by atoms with E-state index in [0.29, 0.717) is 12.1 Å². The largest absolute Gasteiger partial charge is 0.370 e. The lowest BCUT2D eigenvalue weighted by Crippen LogP contribution is -2.41. The van der Waals surface area contributed by atoms with Gasteiger partial charge in [-0.15, -0.1) is 0 Å². The highest BCUT2D eigenvalue weighted by Gasteiger charge is 2.26. The molecule has 1 unspecified atom stereocenters. The lowest BCUT2D eigenvalue weighted by Gasteiger charge is -2.35. The standard InChI is InChI=1S/C14H20FN3O/c1-9(16)13-11(15)5-2-6-12(13)18-7-3-4-10(8-18)14(17)19/h2,5-6,9-10H,3-4,7-8,16H2,1H3,(H2,17,19)/t9-,10?/m1/s1. The van der Waals surface area contributed by atoms with Crippen LogP contribution in [0.3, 0.4) is 0 Å². The molecular formula is C14H20FN3O. The van der Waals surface area contributed by atoms with Gasteiger partial charge in [-0.25, -0.2) is 4.39 Å². The molecule has 1 fully saturated rings. The van der Waals surface area contributed by atoms with Crippen LogP contribution in [0.5, 0.6) is 0 Å². The van der Waals surface area contributed by atoms with Gasteiger partial charge in [0.2, 0.25) is 5.91 Å². The van der Waals surface area contributed by atoms with Crippen LogP contribution in [-0.4, -0.2) is 19.0 Å². The smallest absolute Gasteiger partial charge is 0.222 e. The fourth-order valence-electron chi connectivity index (χ4n) is 2.68. The van der Waals surface area contributed by atoms with E-state index in [-0.39, 0.29) is 23.7 Å². The topological polar surface area (TPSA) is 72.3 Å². The molecule has 1 saturated heterocycles. The molecular weight excluding hydrogens is 245 g/mol. The summed E-state index contributed by atoms with van der Waals surface area (Å²) in [6, 6.07) is 4.55. The van der Waals surface area contributed by atoms with Gasteiger partial charge in [0.05, 0.1) is 5.92 Å². The number of hydrogen-bond donors (Lipinski definition) is 2. The first-order valence-corrected chi connectivity index (χ1v) is 6.59. The first-order valence-electron chi connectivity index (χ1n) is 6.59. The summed E-state index contributed by atoms with van der Waals surface area (Å²) >= 11 is 0. The molecule has 1 aliphatic heterocycles. The molecule has 0 aliphatic carbocycles. The number of nitrogens with two attached hydrogens (primary N) is 2. The highest BCUT2D eigenvalue weighted by atomic mass is 19.1. The number of primary amides is 1. The maximum Gasteiger partial charge on any atom is 0.222 e. The number of hydrogen-bond acceptors (Lipinski definition) is 3. The minimum atomic E-state index is -0.384. The van der Waals surface area contributed by atoms with E-state index >= 15 is 0 Å². The van der Waals surface area contributed by atoms with Gasteiger partial charge in [-0.2, -0.15) is 0 Å². The van der Waals surface area contributed by atoms with Crippen molar-refractivity contribution in [3.05, 3.63) is 29.6 Å². The second kappa shape index (κ2) is 5.57. The van der Waals surface area contributed by atoms with Gasteiger partial charge in [-0.1, -0.05) is 6.07 Å². The van der Waals surface area contributed by atoms with Crippen molar-refractivity contribution in [2.24, 2.45) is 17.4 Å². The number of carbonyl (C=O) groups excluding carboxylic acids is 1. The molecule has 0 spiro atoms. The molecule has 0 radical (unpaired) electrons. The average molecular weight is 265 g/mol. The fraction of sp³-hybridized carbons (Fsp3) is 0.500. The van der Waals surface area contributed by atoms with Gasteiger partial charge in [-0.05, 0) is 31.9 Å². The van der Waals surface area contributed by atoms with Crippen LogP contribution >= 0.6 is 0 Å². The Kier molecular flexibility index (Phi) is 4.04. The van der Waals surface area contributed by atoms with Crippen LogP contribution in [0.2, 0.25) is 0 Å². The van der Waals surface area contributed by atoms with E-state index < -0.39 is 0 Å². The molecule has 5 heteroatoms. The monoisotopic (exact) mass is 265 g/mol. The summed E-state index contributed by atoms with van der Waals surface area (Å²) in [4.78, 5) is 13.3. The van der Waals surface area contributed by atoms with Gasteiger partial charge >= 0.3 is 0 Å². The van der Waals surface area contributed by atoms with Gasteiger partial charge in [0, 0.05) is 30.4 Å². The molecule has 19 heavy (non-hydrogen) atoms. The third-order valence-electron chi connectivity index (χ3n) is 3.65. The molecule has 4 N–H and O–H groups in total. The molecule has 0 bridgehead atoms. The van der Waals surface area contributed by atoms with E-state index in [0.717, 1.165) is 25.1 Å². The predicted molar refractivity (Wildman–Crippen MR) is 73.1 cm³/mol. The highest BCUT2D eigenvalue weighted by Crippen LogP contribution is 2.31. The molecule has 0 saturated carbocycles. The third kappa shape index (κ3) is 2.87.